The molecule has 0 radical (unpaired) electrons. The molecule has 0 atom stereocenters. The van der Waals surface area contributed by atoms with Gasteiger partial charge in [-0.2, -0.15) is 0 Å². The first-order valence-electron chi connectivity index (χ1n) is 4.57. The largest absolute Gasteiger partial charge is 0.478 e. The van der Waals surface area contributed by atoms with Crippen LogP contribution in [0.5, 0.6) is 0 Å². The van der Waals surface area contributed by atoms with Gasteiger partial charge < -0.3 is 5.11 Å². The van der Waals surface area contributed by atoms with Crippen LogP contribution in [0, 0.1) is 0 Å². The summed E-state index contributed by atoms with van der Waals surface area (Å²) >= 11 is 11.7. The molecule has 1 aromatic heterocycles. The highest BCUT2D eigenvalue weighted by atomic mass is 35.5. The molecule has 0 amide bonds. The number of carboxylic acids is 1. The monoisotopic (exact) mass is 268 g/mol. The van der Waals surface area contributed by atoms with E-state index in [4.69, 9.17) is 28.3 Å². The van der Waals surface area contributed by atoms with Crippen LogP contribution >= 0.6 is 23.2 Å². The number of halogens is 2. The van der Waals surface area contributed by atoms with Crippen molar-refractivity contribution in [1.82, 2.24) is 9.97 Å². The highest BCUT2D eigenvalue weighted by molar-refractivity contribution is 6.35. The summed E-state index contributed by atoms with van der Waals surface area (Å²) < 4.78 is 0. The van der Waals surface area contributed by atoms with Crippen LogP contribution in [0.2, 0.25) is 10.0 Å². The molecule has 0 saturated carbocycles. The summed E-state index contributed by atoms with van der Waals surface area (Å²) in [5.74, 6) is -1.10. The summed E-state index contributed by atoms with van der Waals surface area (Å²) in [5, 5.41) is 9.86. The van der Waals surface area contributed by atoms with E-state index < -0.39 is 5.97 Å². The summed E-state index contributed by atoms with van der Waals surface area (Å²) in [7, 11) is 0. The van der Waals surface area contributed by atoms with E-state index in [-0.39, 0.29) is 11.3 Å². The summed E-state index contributed by atoms with van der Waals surface area (Å²) in [4.78, 5) is 18.6. The van der Waals surface area contributed by atoms with Gasteiger partial charge in [0.25, 0.3) is 0 Å². The van der Waals surface area contributed by atoms with Gasteiger partial charge in [-0.1, -0.05) is 23.2 Å². The zero-order valence-electron chi connectivity index (χ0n) is 8.39. The lowest BCUT2D eigenvalue weighted by Gasteiger charge is -2.05. The van der Waals surface area contributed by atoms with E-state index in [1.54, 1.807) is 18.2 Å². The smallest absolute Gasteiger partial charge is 0.339 e. The number of aromatic nitrogens is 2. The quantitative estimate of drug-likeness (QED) is 0.909. The van der Waals surface area contributed by atoms with Crippen LogP contribution in [-0.2, 0) is 0 Å². The maximum atomic E-state index is 11.0. The fourth-order valence-corrected chi connectivity index (χ4v) is 1.93. The van der Waals surface area contributed by atoms with E-state index in [2.05, 4.69) is 9.97 Å². The Morgan fingerprint density at radius 3 is 2.41 bits per heavy atom. The lowest BCUT2D eigenvalue weighted by atomic mass is 10.1. The Morgan fingerprint density at radius 1 is 1.18 bits per heavy atom. The predicted molar refractivity (Wildman–Crippen MR) is 64.4 cm³/mol. The minimum absolute atomic E-state index is 0.00540. The van der Waals surface area contributed by atoms with Gasteiger partial charge in [-0.15, -0.1) is 0 Å². The van der Waals surface area contributed by atoms with E-state index in [1.807, 2.05) is 0 Å². The number of nitrogens with zero attached hydrogens (tertiary/aromatic N) is 2. The lowest BCUT2D eigenvalue weighted by Crippen LogP contribution is -2.02. The maximum absolute atomic E-state index is 11.0. The fourth-order valence-electron chi connectivity index (χ4n) is 1.41. The minimum atomic E-state index is -1.10. The van der Waals surface area contributed by atoms with Crippen molar-refractivity contribution in [2.45, 2.75) is 0 Å². The number of rotatable bonds is 2. The third-order valence-electron chi connectivity index (χ3n) is 2.08. The Bertz CT molecular complexity index is 567. The second kappa shape index (κ2) is 4.69. The zero-order chi connectivity index (χ0) is 12.4. The first-order valence-corrected chi connectivity index (χ1v) is 5.33. The van der Waals surface area contributed by atoms with Crippen molar-refractivity contribution in [3.05, 3.63) is 46.3 Å². The van der Waals surface area contributed by atoms with Crippen LogP contribution in [0.3, 0.4) is 0 Å². The Morgan fingerprint density at radius 2 is 1.82 bits per heavy atom. The molecular weight excluding hydrogens is 263 g/mol. The van der Waals surface area contributed by atoms with Gasteiger partial charge in [-0.3, -0.25) is 0 Å². The molecule has 1 aromatic carbocycles. The van der Waals surface area contributed by atoms with Crippen LogP contribution in [0.25, 0.3) is 11.3 Å². The van der Waals surface area contributed by atoms with Gasteiger partial charge in [-0.05, 0) is 18.2 Å². The number of aromatic carboxylic acids is 1. The first-order chi connectivity index (χ1) is 8.08. The van der Waals surface area contributed by atoms with Gasteiger partial charge in [0.1, 0.15) is 11.9 Å². The van der Waals surface area contributed by atoms with Crippen molar-refractivity contribution in [2.75, 3.05) is 0 Å². The molecule has 6 heteroatoms. The number of carbonyl (C=O) groups is 1. The number of hydrogen-bond donors (Lipinski definition) is 1. The Labute approximate surface area is 107 Å². The van der Waals surface area contributed by atoms with Gasteiger partial charge >= 0.3 is 5.97 Å². The van der Waals surface area contributed by atoms with Crippen molar-refractivity contribution in [2.24, 2.45) is 0 Å². The van der Waals surface area contributed by atoms with Crippen molar-refractivity contribution >= 4 is 29.2 Å². The highest BCUT2D eigenvalue weighted by Crippen LogP contribution is 2.27. The Kier molecular flexibility index (Phi) is 3.26. The molecule has 0 spiro atoms. The zero-order valence-corrected chi connectivity index (χ0v) is 9.90. The molecule has 17 heavy (non-hydrogen) atoms. The van der Waals surface area contributed by atoms with Gasteiger partial charge in [-0.25, -0.2) is 14.8 Å². The summed E-state index contributed by atoms with van der Waals surface area (Å²) in [6, 6.07) is 4.76. The molecule has 1 N–H and O–H groups in total. The Balaban J connectivity index is 2.64. The first kappa shape index (κ1) is 11.8. The van der Waals surface area contributed by atoms with Crippen molar-refractivity contribution in [1.29, 1.82) is 0 Å². The number of carboxylic acid groups (broad SMARTS) is 1. The van der Waals surface area contributed by atoms with E-state index in [1.165, 1.54) is 12.5 Å². The number of benzene rings is 1. The topological polar surface area (TPSA) is 63.1 Å². The third kappa shape index (κ3) is 2.54. The molecule has 0 aliphatic rings. The third-order valence-corrected chi connectivity index (χ3v) is 2.52. The lowest BCUT2D eigenvalue weighted by molar-refractivity contribution is 0.0697. The van der Waals surface area contributed by atoms with Crippen molar-refractivity contribution in [3.8, 4) is 11.3 Å². The summed E-state index contributed by atoms with van der Waals surface area (Å²) in [5.41, 5.74) is 0.838. The van der Waals surface area contributed by atoms with Gasteiger partial charge in [0, 0.05) is 21.8 Å². The average Bonchev–Trinajstić information content (AvgIpc) is 2.27. The van der Waals surface area contributed by atoms with E-state index in [0.717, 1.165) is 0 Å². The molecule has 2 rings (SSSR count). The molecular formula is C11H6Cl2N2O2. The minimum Gasteiger partial charge on any atom is -0.478 e. The van der Waals surface area contributed by atoms with Crippen molar-refractivity contribution in [3.63, 3.8) is 0 Å². The molecule has 0 aliphatic carbocycles. The molecule has 1 heterocycles. The van der Waals surface area contributed by atoms with Gasteiger partial charge in [0.2, 0.25) is 0 Å². The second-order valence-electron chi connectivity index (χ2n) is 3.25. The predicted octanol–water partition coefficient (Wildman–Crippen LogP) is 3.15. The molecule has 0 unspecified atom stereocenters. The number of hydrogen-bond acceptors (Lipinski definition) is 3. The second-order valence-corrected chi connectivity index (χ2v) is 4.12. The van der Waals surface area contributed by atoms with E-state index >= 15 is 0 Å². The fraction of sp³-hybridized carbons (Fsp3) is 0. The van der Waals surface area contributed by atoms with Crippen LogP contribution < -0.4 is 0 Å². The van der Waals surface area contributed by atoms with Gasteiger partial charge in [0.15, 0.2) is 0 Å². The Hall–Kier alpha value is -1.65. The highest BCUT2D eigenvalue weighted by Gasteiger charge is 2.14. The van der Waals surface area contributed by atoms with E-state index in [9.17, 15) is 4.79 Å². The average molecular weight is 269 g/mol. The summed E-state index contributed by atoms with van der Waals surface area (Å²) in [6.07, 6.45) is 2.51. The van der Waals surface area contributed by atoms with Crippen LogP contribution in [-0.4, -0.2) is 21.0 Å². The molecule has 0 fully saturated rings. The standard InChI is InChI=1S/C11H6Cl2N2O2/c12-7-1-6(2-8(13)3-7)10-9(11(16)17)4-14-5-15-10/h1-5H,(H,16,17). The maximum Gasteiger partial charge on any atom is 0.339 e. The molecule has 4 nitrogen and oxygen atoms in total. The molecule has 0 bridgehead atoms. The van der Waals surface area contributed by atoms with Crippen LogP contribution in [0.15, 0.2) is 30.7 Å². The van der Waals surface area contributed by atoms with Crippen molar-refractivity contribution < 1.29 is 9.90 Å². The van der Waals surface area contributed by atoms with Crippen LogP contribution in [0.1, 0.15) is 10.4 Å². The molecule has 86 valence electrons. The molecule has 2 aromatic rings. The molecule has 0 aliphatic heterocycles. The van der Waals surface area contributed by atoms with E-state index in [0.29, 0.717) is 15.6 Å². The van der Waals surface area contributed by atoms with Gasteiger partial charge in [0.05, 0.1) is 5.69 Å². The van der Waals surface area contributed by atoms with Crippen LogP contribution in [0.4, 0.5) is 0 Å². The summed E-state index contributed by atoms with van der Waals surface area (Å²) in [6.45, 7) is 0. The normalized spacial score (nSPS) is 10.2. The SMILES string of the molecule is O=C(O)c1cncnc1-c1cc(Cl)cc(Cl)c1. The molecule has 0 saturated heterocycles.